The second kappa shape index (κ2) is 10.6. The molecule has 0 radical (unpaired) electrons. The second-order valence-corrected chi connectivity index (χ2v) is 10.9. The van der Waals surface area contributed by atoms with Gasteiger partial charge in [0.2, 0.25) is 0 Å². The third-order valence-corrected chi connectivity index (χ3v) is 8.26. The van der Waals surface area contributed by atoms with E-state index < -0.39 is 10.0 Å². The number of hydrogen-bond donors (Lipinski definition) is 0. The fourth-order valence-corrected chi connectivity index (χ4v) is 5.54. The molecular formula is C25H31N9O2S. The van der Waals surface area contributed by atoms with Gasteiger partial charge < -0.3 is 14.0 Å². The summed E-state index contributed by atoms with van der Waals surface area (Å²) in [6.07, 6.45) is 6.52. The minimum absolute atomic E-state index is 0.00533. The molecule has 0 aliphatic heterocycles. The van der Waals surface area contributed by atoms with Crippen LogP contribution in [0.5, 0.6) is 0 Å². The van der Waals surface area contributed by atoms with Gasteiger partial charge in [0.05, 0.1) is 42.2 Å². The van der Waals surface area contributed by atoms with Crippen LogP contribution in [-0.4, -0.2) is 54.7 Å². The zero-order valence-electron chi connectivity index (χ0n) is 21.7. The van der Waals surface area contributed by atoms with Gasteiger partial charge in [0.1, 0.15) is 0 Å². The van der Waals surface area contributed by atoms with Crippen molar-refractivity contribution in [1.29, 1.82) is 5.26 Å². The second-order valence-electron chi connectivity index (χ2n) is 9.07. The fourth-order valence-electron chi connectivity index (χ4n) is 4.17. The molecule has 0 atom stereocenters. The van der Waals surface area contributed by atoms with E-state index in [-0.39, 0.29) is 18.1 Å². The maximum atomic E-state index is 13.7. The first-order chi connectivity index (χ1) is 17.6. The van der Waals surface area contributed by atoms with E-state index in [0.717, 1.165) is 28.3 Å². The molecule has 1 aromatic carbocycles. The first-order valence-electron chi connectivity index (χ1n) is 11.8. The molecule has 0 fully saturated rings. The molecule has 0 aliphatic carbocycles. The third-order valence-electron chi connectivity index (χ3n) is 6.53. The van der Waals surface area contributed by atoms with E-state index >= 15 is 0 Å². The van der Waals surface area contributed by atoms with Gasteiger partial charge in [-0.15, -0.1) is 0 Å². The molecule has 0 N–H and O–H groups in total. The van der Waals surface area contributed by atoms with E-state index in [1.165, 1.54) is 16.8 Å². The van der Waals surface area contributed by atoms with Gasteiger partial charge in [0.15, 0.2) is 5.03 Å². The highest BCUT2D eigenvalue weighted by atomic mass is 32.2. The van der Waals surface area contributed by atoms with Gasteiger partial charge in [-0.3, -0.25) is 4.68 Å². The van der Waals surface area contributed by atoms with Crippen LogP contribution in [0.2, 0.25) is 0 Å². The summed E-state index contributed by atoms with van der Waals surface area (Å²) in [5.74, 6) is 0. The van der Waals surface area contributed by atoms with E-state index in [1.54, 1.807) is 41.0 Å². The molecule has 4 rings (SSSR count). The molecular weight excluding hydrogens is 490 g/mol. The number of rotatable bonds is 10. The van der Waals surface area contributed by atoms with E-state index in [2.05, 4.69) is 26.0 Å². The molecule has 0 spiro atoms. The van der Waals surface area contributed by atoms with Gasteiger partial charge in [0.25, 0.3) is 10.0 Å². The predicted octanol–water partition coefficient (Wildman–Crippen LogP) is 2.27. The zero-order valence-corrected chi connectivity index (χ0v) is 22.5. The molecule has 11 nitrogen and oxygen atoms in total. The lowest BCUT2D eigenvalue weighted by atomic mass is 10.2. The largest absolute Gasteiger partial charge is 0.364 e. The summed E-state index contributed by atoms with van der Waals surface area (Å²) < 4.78 is 34.3. The van der Waals surface area contributed by atoms with Crippen LogP contribution in [0.25, 0.3) is 0 Å². The Morgan fingerprint density at radius 1 is 1.03 bits per heavy atom. The van der Waals surface area contributed by atoms with Gasteiger partial charge >= 0.3 is 0 Å². The third kappa shape index (κ3) is 5.58. The molecule has 0 bridgehead atoms. The lowest BCUT2D eigenvalue weighted by molar-refractivity contribution is 0.405. The van der Waals surface area contributed by atoms with Crippen molar-refractivity contribution in [2.75, 3.05) is 18.0 Å². The van der Waals surface area contributed by atoms with E-state index in [9.17, 15) is 13.7 Å². The van der Waals surface area contributed by atoms with Gasteiger partial charge in [-0.05, 0) is 38.1 Å². The van der Waals surface area contributed by atoms with Gasteiger partial charge in [0, 0.05) is 70.1 Å². The average molecular weight is 522 g/mol. The minimum atomic E-state index is -3.88. The number of nitrogens with zero attached hydrogens (tertiary/aromatic N) is 9. The predicted molar refractivity (Wildman–Crippen MR) is 139 cm³/mol. The molecule has 3 aromatic heterocycles. The van der Waals surface area contributed by atoms with E-state index in [0.29, 0.717) is 18.7 Å². The Kier molecular flexibility index (Phi) is 7.47. The highest BCUT2D eigenvalue weighted by Crippen LogP contribution is 2.23. The number of imidazole rings is 2. The molecule has 194 valence electrons. The molecule has 0 amide bonds. The van der Waals surface area contributed by atoms with Crippen LogP contribution in [-0.2, 0) is 44.3 Å². The number of anilines is 1. The SMILES string of the molecule is Cc1nn(C)c(C)c1CN(CCN(Cc1cncn1C)c1ccc(C#N)cc1)S(=O)(=O)c1cn(C)cn1. The number of aryl methyl sites for hydroxylation is 4. The standard InChI is InChI=1S/C25H31N9O2S/c1-19-24(20(2)32(5)29-19)15-34(37(35,36)25-16-30(3)18-28-25)11-10-33(14-23-13-27-17-31(23)4)22-8-6-21(12-26)7-9-22/h6-9,13,16-18H,10-11,14-15H2,1-5H3. The number of hydrogen-bond acceptors (Lipinski definition) is 7. The number of aromatic nitrogens is 6. The highest BCUT2D eigenvalue weighted by molar-refractivity contribution is 7.89. The number of nitriles is 1. The normalized spacial score (nSPS) is 11.7. The van der Waals surface area contributed by atoms with Crippen molar-refractivity contribution < 1.29 is 8.42 Å². The summed E-state index contributed by atoms with van der Waals surface area (Å²) in [7, 11) is 1.63. The lowest BCUT2D eigenvalue weighted by Crippen LogP contribution is -2.39. The van der Waals surface area contributed by atoms with Crippen molar-refractivity contribution in [2.24, 2.45) is 21.1 Å². The Hall–Kier alpha value is -3.95. The zero-order chi connectivity index (χ0) is 26.7. The summed E-state index contributed by atoms with van der Waals surface area (Å²) in [5, 5.41) is 13.7. The van der Waals surface area contributed by atoms with Gasteiger partial charge in [-0.2, -0.15) is 14.7 Å². The van der Waals surface area contributed by atoms with Crippen LogP contribution in [0.4, 0.5) is 5.69 Å². The molecule has 0 unspecified atom stereocenters. The van der Waals surface area contributed by atoms with Crippen LogP contribution >= 0.6 is 0 Å². The van der Waals surface area contributed by atoms with Crippen molar-refractivity contribution >= 4 is 15.7 Å². The van der Waals surface area contributed by atoms with Crippen molar-refractivity contribution in [1.82, 2.24) is 33.2 Å². The van der Waals surface area contributed by atoms with E-state index in [4.69, 9.17) is 0 Å². The Balaban J connectivity index is 1.67. The molecule has 0 saturated carbocycles. The van der Waals surface area contributed by atoms with Gasteiger partial charge in [-0.25, -0.2) is 18.4 Å². The summed E-state index contributed by atoms with van der Waals surface area (Å²) in [4.78, 5) is 10.4. The van der Waals surface area contributed by atoms with Gasteiger partial charge in [-0.1, -0.05) is 0 Å². The quantitative estimate of drug-likeness (QED) is 0.314. The van der Waals surface area contributed by atoms with Crippen LogP contribution in [0.3, 0.4) is 0 Å². The topological polar surface area (TPSA) is 118 Å². The van der Waals surface area contributed by atoms with Crippen LogP contribution in [0.15, 0.2) is 54.3 Å². The average Bonchev–Trinajstić information content (AvgIpc) is 3.56. The van der Waals surface area contributed by atoms with Crippen LogP contribution in [0.1, 0.15) is 28.2 Å². The Bertz CT molecular complexity index is 1520. The summed E-state index contributed by atoms with van der Waals surface area (Å²) in [6.45, 7) is 5.14. The molecule has 0 saturated heterocycles. The molecule has 3 heterocycles. The molecule has 0 aliphatic rings. The number of benzene rings is 1. The smallest absolute Gasteiger partial charge is 0.262 e. The Labute approximate surface area is 217 Å². The first kappa shape index (κ1) is 26.1. The van der Waals surface area contributed by atoms with Crippen molar-refractivity contribution in [2.45, 2.75) is 32.0 Å². The first-order valence-corrected chi connectivity index (χ1v) is 13.2. The Morgan fingerprint density at radius 2 is 1.76 bits per heavy atom. The van der Waals surface area contributed by atoms with Crippen LogP contribution < -0.4 is 4.90 Å². The van der Waals surface area contributed by atoms with E-state index in [1.807, 2.05) is 44.6 Å². The fraction of sp³-hybridized carbons (Fsp3) is 0.360. The molecule has 12 heteroatoms. The summed E-state index contributed by atoms with van der Waals surface area (Å²) in [6, 6.07) is 9.42. The van der Waals surface area contributed by atoms with Crippen molar-refractivity contribution in [3.05, 3.63) is 77.5 Å². The minimum Gasteiger partial charge on any atom is -0.364 e. The monoisotopic (exact) mass is 521 g/mol. The lowest BCUT2D eigenvalue weighted by Gasteiger charge is -2.29. The summed E-state index contributed by atoms with van der Waals surface area (Å²) >= 11 is 0. The Morgan fingerprint density at radius 3 is 2.30 bits per heavy atom. The molecule has 4 aromatic rings. The number of sulfonamides is 1. The maximum absolute atomic E-state index is 13.7. The van der Waals surface area contributed by atoms with Crippen molar-refractivity contribution in [3.63, 3.8) is 0 Å². The van der Waals surface area contributed by atoms with Crippen LogP contribution in [0, 0.1) is 25.2 Å². The highest BCUT2D eigenvalue weighted by Gasteiger charge is 2.29. The van der Waals surface area contributed by atoms with Crippen molar-refractivity contribution in [3.8, 4) is 6.07 Å². The molecule has 37 heavy (non-hydrogen) atoms. The summed E-state index contributed by atoms with van der Waals surface area (Å²) in [5.41, 5.74) is 4.99. The maximum Gasteiger partial charge on any atom is 0.262 e.